The van der Waals surface area contributed by atoms with E-state index in [0.717, 1.165) is 36.8 Å². The van der Waals surface area contributed by atoms with Gasteiger partial charge in [-0.1, -0.05) is 50.5 Å². The van der Waals surface area contributed by atoms with E-state index < -0.39 is 0 Å². The summed E-state index contributed by atoms with van der Waals surface area (Å²) in [6, 6.07) is 0. The summed E-state index contributed by atoms with van der Waals surface area (Å²) in [5.74, 6) is 2.21. The van der Waals surface area contributed by atoms with E-state index in [4.69, 9.17) is 9.47 Å². The normalized spacial score (nSPS) is 15.2. The number of alkyl halides is 1. The average Bonchev–Trinajstić information content (AvgIpc) is 2.26. The molecule has 0 bridgehead atoms. The third-order valence-electron chi connectivity index (χ3n) is 3.08. The van der Waals surface area contributed by atoms with Crippen molar-refractivity contribution in [2.45, 2.75) is 60.0 Å². The maximum Gasteiger partial charge on any atom is 0.0704 e. The van der Waals surface area contributed by atoms with Gasteiger partial charge in [-0.2, -0.15) is 0 Å². The van der Waals surface area contributed by atoms with E-state index in [1.54, 1.807) is 0 Å². The van der Waals surface area contributed by atoms with Crippen molar-refractivity contribution in [1.82, 2.24) is 0 Å². The number of ether oxygens (including phenoxy) is 2. The average molecular weight is 337 g/mol. The first-order valence-corrected chi connectivity index (χ1v) is 8.83. The zero-order chi connectivity index (χ0) is 14.7. The van der Waals surface area contributed by atoms with Crippen molar-refractivity contribution in [3.8, 4) is 0 Å². The molecule has 0 saturated heterocycles. The van der Waals surface area contributed by atoms with Crippen LogP contribution in [0, 0.1) is 17.8 Å². The lowest BCUT2D eigenvalue weighted by atomic mass is 9.91. The second-order valence-corrected chi connectivity index (χ2v) is 7.19. The Morgan fingerprint density at radius 3 is 1.95 bits per heavy atom. The molecular formula is C16H33BrO2. The molecule has 0 heterocycles. The largest absolute Gasteiger partial charge is 0.378 e. The molecule has 0 aromatic heterocycles. The van der Waals surface area contributed by atoms with E-state index in [2.05, 4.69) is 50.5 Å². The van der Waals surface area contributed by atoms with Gasteiger partial charge < -0.3 is 9.47 Å². The third-order valence-corrected chi connectivity index (χ3v) is 3.40. The van der Waals surface area contributed by atoms with E-state index in [-0.39, 0.29) is 0 Å². The Hall–Kier alpha value is 0.400. The smallest absolute Gasteiger partial charge is 0.0704 e. The maximum absolute atomic E-state index is 6.01. The molecule has 19 heavy (non-hydrogen) atoms. The van der Waals surface area contributed by atoms with Gasteiger partial charge in [0.25, 0.3) is 0 Å². The Morgan fingerprint density at radius 2 is 1.42 bits per heavy atom. The maximum atomic E-state index is 6.01. The SMILES string of the molecule is CC(C)CC(C)CC(CC(C)C)OCCOCCBr. The Balaban J connectivity index is 3.94. The second-order valence-electron chi connectivity index (χ2n) is 6.39. The first-order chi connectivity index (χ1) is 8.95. The van der Waals surface area contributed by atoms with Crippen molar-refractivity contribution in [2.75, 3.05) is 25.2 Å². The molecule has 116 valence electrons. The molecular weight excluding hydrogens is 304 g/mol. The van der Waals surface area contributed by atoms with E-state index in [1.165, 1.54) is 12.8 Å². The molecule has 3 heteroatoms. The van der Waals surface area contributed by atoms with Crippen LogP contribution in [0.1, 0.15) is 53.9 Å². The summed E-state index contributed by atoms with van der Waals surface area (Å²) in [5, 5.41) is 0.897. The quantitative estimate of drug-likeness (QED) is 0.372. The van der Waals surface area contributed by atoms with Gasteiger partial charge in [0.05, 0.1) is 25.9 Å². The highest BCUT2D eigenvalue weighted by atomic mass is 79.9. The van der Waals surface area contributed by atoms with Crippen LogP contribution in [0.4, 0.5) is 0 Å². The molecule has 0 aliphatic rings. The Labute approximate surface area is 128 Å². The molecule has 0 radical (unpaired) electrons. The molecule has 2 unspecified atom stereocenters. The Bertz CT molecular complexity index is 195. The Kier molecular flexibility index (Phi) is 12.4. The highest BCUT2D eigenvalue weighted by molar-refractivity contribution is 9.09. The predicted molar refractivity (Wildman–Crippen MR) is 87.0 cm³/mol. The minimum absolute atomic E-state index is 0.390. The number of rotatable bonds is 12. The molecule has 0 aromatic rings. The van der Waals surface area contributed by atoms with Gasteiger partial charge in [0.15, 0.2) is 0 Å². The Morgan fingerprint density at radius 1 is 0.789 bits per heavy atom. The van der Waals surface area contributed by atoms with Gasteiger partial charge >= 0.3 is 0 Å². The summed E-state index contributed by atoms with van der Waals surface area (Å²) < 4.78 is 11.4. The molecule has 0 saturated carbocycles. The fraction of sp³-hybridized carbons (Fsp3) is 1.00. The minimum atomic E-state index is 0.390. The van der Waals surface area contributed by atoms with Crippen LogP contribution in [-0.2, 0) is 9.47 Å². The van der Waals surface area contributed by atoms with Gasteiger partial charge in [-0.25, -0.2) is 0 Å². The second kappa shape index (κ2) is 12.2. The van der Waals surface area contributed by atoms with Crippen molar-refractivity contribution in [2.24, 2.45) is 17.8 Å². The lowest BCUT2D eigenvalue weighted by Gasteiger charge is -2.24. The molecule has 2 atom stereocenters. The lowest BCUT2D eigenvalue weighted by Crippen LogP contribution is -2.22. The van der Waals surface area contributed by atoms with Crippen LogP contribution in [-0.4, -0.2) is 31.3 Å². The van der Waals surface area contributed by atoms with Crippen molar-refractivity contribution in [3.63, 3.8) is 0 Å². The van der Waals surface area contributed by atoms with Gasteiger partial charge in [0.1, 0.15) is 0 Å². The van der Waals surface area contributed by atoms with Crippen LogP contribution in [0.25, 0.3) is 0 Å². The number of halogens is 1. The van der Waals surface area contributed by atoms with Crippen LogP contribution in [0.3, 0.4) is 0 Å². The molecule has 0 rings (SSSR count). The molecule has 0 N–H and O–H groups in total. The molecule has 0 aliphatic carbocycles. The molecule has 0 aliphatic heterocycles. The van der Waals surface area contributed by atoms with E-state index in [1.807, 2.05) is 0 Å². The highest BCUT2D eigenvalue weighted by Crippen LogP contribution is 2.21. The van der Waals surface area contributed by atoms with Crippen LogP contribution in [0.2, 0.25) is 0 Å². The van der Waals surface area contributed by atoms with E-state index >= 15 is 0 Å². The van der Waals surface area contributed by atoms with Crippen molar-refractivity contribution in [3.05, 3.63) is 0 Å². The van der Waals surface area contributed by atoms with Gasteiger partial charge in [-0.15, -0.1) is 0 Å². The monoisotopic (exact) mass is 336 g/mol. The summed E-state index contributed by atoms with van der Waals surface area (Å²) in [7, 11) is 0. The summed E-state index contributed by atoms with van der Waals surface area (Å²) in [6.07, 6.45) is 4.01. The van der Waals surface area contributed by atoms with E-state index in [9.17, 15) is 0 Å². The fourth-order valence-electron chi connectivity index (χ4n) is 2.54. The molecule has 0 amide bonds. The van der Waals surface area contributed by atoms with Gasteiger partial charge in [0.2, 0.25) is 0 Å². The van der Waals surface area contributed by atoms with Crippen molar-refractivity contribution in [1.29, 1.82) is 0 Å². The molecule has 2 nitrogen and oxygen atoms in total. The van der Waals surface area contributed by atoms with Crippen LogP contribution >= 0.6 is 15.9 Å². The zero-order valence-electron chi connectivity index (χ0n) is 13.5. The first-order valence-electron chi connectivity index (χ1n) is 7.71. The number of hydrogen-bond donors (Lipinski definition) is 0. The summed E-state index contributed by atoms with van der Waals surface area (Å²) in [4.78, 5) is 0. The predicted octanol–water partition coefficient (Wildman–Crippen LogP) is 4.90. The summed E-state index contributed by atoms with van der Waals surface area (Å²) >= 11 is 3.35. The van der Waals surface area contributed by atoms with Crippen molar-refractivity contribution < 1.29 is 9.47 Å². The van der Waals surface area contributed by atoms with Crippen LogP contribution in [0.15, 0.2) is 0 Å². The third kappa shape index (κ3) is 13.1. The fourth-order valence-corrected chi connectivity index (χ4v) is 2.77. The van der Waals surface area contributed by atoms with E-state index in [0.29, 0.717) is 18.6 Å². The van der Waals surface area contributed by atoms with Gasteiger partial charge in [0, 0.05) is 5.33 Å². The van der Waals surface area contributed by atoms with Crippen LogP contribution < -0.4 is 0 Å². The van der Waals surface area contributed by atoms with Gasteiger partial charge in [-0.3, -0.25) is 0 Å². The minimum Gasteiger partial charge on any atom is -0.378 e. The molecule has 0 spiro atoms. The molecule has 0 aromatic carbocycles. The summed E-state index contributed by atoms with van der Waals surface area (Å²) in [5.41, 5.74) is 0. The first kappa shape index (κ1) is 19.4. The van der Waals surface area contributed by atoms with Gasteiger partial charge in [-0.05, 0) is 37.0 Å². The lowest BCUT2D eigenvalue weighted by molar-refractivity contribution is -0.0112. The standard InChI is InChI=1S/C16H33BrO2/c1-13(2)10-15(5)12-16(11-14(3)4)19-9-8-18-7-6-17/h13-16H,6-12H2,1-5H3. The zero-order valence-corrected chi connectivity index (χ0v) is 15.0. The topological polar surface area (TPSA) is 18.5 Å². The van der Waals surface area contributed by atoms with Crippen LogP contribution in [0.5, 0.6) is 0 Å². The summed E-state index contributed by atoms with van der Waals surface area (Å²) in [6.45, 7) is 13.7. The highest BCUT2D eigenvalue weighted by Gasteiger charge is 2.16. The van der Waals surface area contributed by atoms with Crippen molar-refractivity contribution >= 4 is 15.9 Å². The number of hydrogen-bond acceptors (Lipinski definition) is 2. The molecule has 0 fully saturated rings.